The minimum absolute atomic E-state index is 0.00414. The summed E-state index contributed by atoms with van der Waals surface area (Å²) >= 11 is 3.28. The van der Waals surface area contributed by atoms with E-state index < -0.39 is 52.1 Å². The van der Waals surface area contributed by atoms with Gasteiger partial charge in [-0.1, -0.05) is 16.5 Å². The highest BCUT2D eigenvalue weighted by molar-refractivity contribution is 8.00. The highest BCUT2D eigenvalue weighted by Crippen LogP contribution is 2.40. The van der Waals surface area contributed by atoms with Crippen molar-refractivity contribution in [1.29, 1.82) is 0 Å². The largest absolute Gasteiger partial charge is 0.543 e. The zero-order chi connectivity index (χ0) is 30.3. The number of carbonyl (C=O) groups is 3. The molecule has 5 rings (SSSR count). The van der Waals surface area contributed by atoms with Gasteiger partial charge in [-0.05, 0) is 0 Å². The second kappa shape index (κ2) is 11.5. The van der Waals surface area contributed by atoms with Crippen molar-refractivity contribution in [2.75, 3.05) is 25.4 Å². The lowest BCUT2D eigenvalue weighted by atomic mass is 10.0. The number of aromatic nitrogens is 4. The number of hydrogen-bond donors (Lipinski definition) is 3. The standard InChI is InChI=1S/C20H20FN9O8S4/c1-27(42(35,36)37)5-10-28(6-11-29(10)2-3-39-11)4-9-7-40-18-13(17(32)30(18)14(9)19(33)34)23-16(31)12(25-38-8-21)15-24-20(22)41-26-15/h2-3,6,13,18H,4-5,7-8H2,1H3,(H4-,22,23,24,26,31,33,34,35,36,37)/b25-12-/t13-,18-/m1/s1. The van der Waals surface area contributed by atoms with Crippen LogP contribution in [0.2, 0.25) is 0 Å². The summed E-state index contributed by atoms with van der Waals surface area (Å²) in [5, 5.41) is 19.0. The molecule has 5 heterocycles. The number of aliphatic carboxylic acids is 1. The van der Waals surface area contributed by atoms with E-state index in [9.17, 15) is 36.9 Å². The molecule has 3 aromatic rings. The Morgan fingerprint density at radius 1 is 1.45 bits per heavy atom. The molecule has 0 aromatic carbocycles. The molecule has 2 aliphatic rings. The number of thiazole rings is 1. The molecule has 22 heteroatoms. The number of halogens is 1. The normalized spacial score (nSPS) is 19.3. The van der Waals surface area contributed by atoms with Gasteiger partial charge in [-0.3, -0.25) is 19.0 Å². The van der Waals surface area contributed by atoms with Crippen molar-refractivity contribution < 1.29 is 46.1 Å². The van der Waals surface area contributed by atoms with Crippen LogP contribution in [0.25, 0.3) is 4.83 Å². The smallest absolute Gasteiger partial charge is 0.336 e. The molecule has 0 radical (unpaired) electrons. The van der Waals surface area contributed by atoms with Crippen molar-refractivity contribution in [2.24, 2.45) is 5.16 Å². The third kappa shape index (κ3) is 5.55. The van der Waals surface area contributed by atoms with Crippen LogP contribution in [-0.2, 0) is 42.6 Å². The van der Waals surface area contributed by atoms with Crippen LogP contribution in [0.3, 0.4) is 0 Å². The van der Waals surface area contributed by atoms with E-state index in [1.807, 2.05) is 0 Å². The molecule has 4 N–H and O–H groups in total. The Kier molecular flexibility index (Phi) is 8.17. The number of alkyl halides is 1. The number of rotatable bonds is 11. The Morgan fingerprint density at radius 3 is 2.86 bits per heavy atom. The van der Waals surface area contributed by atoms with Gasteiger partial charge in [-0.2, -0.15) is 26.5 Å². The zero-order valence-electron chi connectivity index (χ0n) is 21.2. The Balaban J connectivity index is 1.39. The van der Waals surface area contributed by atoms with Gasteiger partial charge in [0.05, 0.1) is 11.7 Å². The number of anilines is 1. The number of imidazole rings is 1. The predicted octanol–water partition coefficient (Wildman–Crippen LogP) is -2.29. The van der Waals surface area contributed by atoms with Gasteiger partial charge < -0.3 is 25.8 Å². The van der Waals surface area contributed by atoms with E-state index in [0.717, 1.165) is 25.6 Å². The number of amides is 2. The molecule has 224 valence electrons. The first-order valence-electron chi connectivity index (χ1n) is 11.6. The van der Waals surface area contributed by atoms with Crippen LogP contribution >= 0.6 is 34.6 Å². The second-order valence-corrected chi connectivity index (χ2v) is 13.1. The number of nitrogens with zero attached hydrogens (tertiary/aromatic N) is 7. The Labute approximate surface area is 248 Å². The predicted molar refractivity (Wildman–Crippen MR) is 143 cm³/mol. The van der Waals surface area contributed by atoms with E-state index in [-0.39, 0.29) is 35.5 Å². The van der Waals surface area contributed by atoms with Gasteiger partial charge in [-0.15, -0.1) is 11.8 Å². The number of nitrogens with two attached hydrogens (primary N) is 1. The lowest BCUT2D eigenvalue weighted by Gasteiger charge is -2.50. The molecule has 0 unspecified atom stereocenters. The number of fused-ring (bicyclic) bond motifs is 2. The minimum atomic E-state index is -4.51. The molecule has 2 aliphatic heterocycles. The van der Waals surface area contributed by atoms with Crippen molar-refractivity contribution in [3.8, 4) is 0 Å². The number of oxime groups is 1. The van der Waals surface area contributed by atoms with Crippen molar-refractivity contribution in [3.63, 3.8) is 0 Å². The maximum absolute atomic E-state index is 13.1. The molecule has 1 saturated heterocycles. The summed E-state index contributed by atoms with van der Waals surface area (Å²) < 4.78 is 53.1. The first kappa shape index (κ1) is 29.8. The van der Waals surface area contributed by atoms with Crippen LogP contribution in [0.15, 0.2) is 34.2 Å². The number of β-lactam (4-membered cyclic amide) rings is 1. The molecule has 2 atom stereocenters. The van der Waals surface area contributed by atoms with Crippen LogP contribution in [0.4, 0.5) is 9.52 Å². The van der Waals surface area contributed by atoms with Crippen LogP contribution < -0.4 is 20.6 Å². The Hall–Kier alpha value is -3.70. The number of thioether (sulfide) groups is 1. The van der Waals surface area contributed by atoms with Crippen molar-refractivity contribution in [3.05, 3.63) is 40.7 Å². The van der Waals surface area contributed by atoms with Gasteiger partial charge in [0.1, 0.15) is 36.9 Å². The first-order chi connectivity index (χ1) is 19.9. The van der Waals surface area contributed by atoms with Gasteiger partial charge in [0, 0.05) is 35.3 Å². The highest BCUT2D eigenvalue weighted by atomic mass is 32.2. The van der Waals surface area contributed by atoms with Crippen molar-refractivity contribution >= 4 is 78.4 Å². The number of carbonyl (C=O) groups excluding carboxylic acids is 3. The number of carboxylic acids is 1. The third-order valence-electron chi connectivity index (χ3n) is 6.23. The summed E-state index contributed by atoms with van der Waals surface area (Å²) in [5.74, 6) is -3.05. The molecule has 3 aromatic heterocycles. The molecule has 1 fully saturated rings. The van der Waals surface area contributed by atoms with Crippen molar-refractivity contribution in [2.45, 2.75) is 24.5 Å². The molecular weight excluding hydrogens is 642 g/mol. The molecular formula is C20H20FN9O8S4. The van der Waals surface area contributed by atoms with Crippen molar-refractivity contribution in [1.82, 2.24) is 28.4 Å². The summed E-state index contributed by atoms with van der Waals surface area (Å²) in [5.41, 5.74) is 4.93. The SMILES string of the molecule is CN(Cc1n(CC2=C(C(=O)[O-])N3C(=O)[C@@H](NC(=O)/C(=N\OCF)c4nsc(N)n4)[C@H]3SC2)cc2scc[n+]12)S(=O)(=O)O. The van der Waals surface area contributed by atoms with Crippen LogP contribution in [0, 0.1) is 0 Å². The molecule has 0 saturated carbocycles. The van der Waals surface area contributed by atoms with Gasteiger partial charge in [0.2, 0.25) is 16.4 Å². The second-order valence-electron chi connectivity index (χ2n) is 8.75. The van der Waals surface area contributed by atoms with Gasteiger partial charge in [0.15, 0.2) is 5.13 Å². The van der Waals surface area contributed by atoms with E-state index >= 15 is 0 Å². The maximum Gasteiger partial charge on any atom is 0.336 e. The van der Waals surface area contributed by atoms with E-state index in [4.69, 9.17) is 5.73 Å². The molecule has 0 aliphatic carbocycles. The fraction of sp³-hybridized carbons (Fsp3) is 0.350. The topological polar surface area (TPSA) is 230 Å². The average Bonchev–Trinajstić information content (AvgIpc) is 3.64. The zero-order valence-corrected chi connectivity index (χ0v) is 24.5. The maximum atomic E-state index is 13.1. The van der Waals surface area contributed by atoms with E-state index in [1.54, 1.807) is 26.7 Å². The molecule has 0 bridgehead atoms. The third-order valence-corrected chi connectivity index (χ3v) is 9.83. The summed E-state index contributed by atoms with van der Waals surface area (Å²) in [6.07, 6.45) is 3.39. The lowest BCUT2D eigenvalue weighted by molar-refractivity contribution is -0.519. The fourth-order valence-corrected chi connectivity index (χ4v) is 7.18. The fourth-order valence-electron chi connectivity index (χ4n) is 4.34. The average molecular weight is 662 g/mol. The summed E-state index contributed by atoms with van der Waals surface area (Å²) in [6, 6.07) is -1.17. The Morgan fingerprint density at radius 2 is 2.21 bits per heavy atom. The molecule has 42 heavy (non-hydrogen) atoms. The van der Waals surface area contributed by atoms with Crippen LogP contribution in [-0.4, -0.2) is 90.7 Å². The van der Waals surface area contributed by atoms with E-state index in [1.165, 1.54) is 30.1 Å². The van der Waals surface area contributed by atoms with Crippen LogP contribution in [0.1, 0.15) is 11.6 Å². The summed E-state index contributed by atoms with van der Waals surface area (Å²) in [6.45, 7) is -1.62. The number of hydrogen-bond acceptors (Lipinski definition) is 14. The highest BCUT2D eigenvalue weighted by Gasteiger charge is 2.53. The number of nitrogens with one attached hydrogen (secondary N) is 1. The molecule has 2 amide bonds. The summed E-state index contributed by atoms with van der Waals surface area (Å²) in [7, 11) is -3.32. The van der Waals surface area contributed by atoms with E-state index in [0.29, 0.717) is 11.4 Å². The van der Waals surface area contributed by atoms with Crippen LogP contribution in [0.5, 0.6) is 0 Å². The first-order valence-corrected chi connectivity index (χ1v) is 15.7. The molecule has 17 nitrogen and oxygen atoms in total. The summed E-state index contributed by atoms with van der Waals surface area (Å²) in [4.78, 5) is 48.2. The lowest BCUT2D eigenvalue weighted by Crippen LogP contribution is -2.71. The monoisotopic (exact) mass is 661 g/mol. The number of nitrogen functional groups attached to an aromatic ring is 1. The van der Waals surface area contributed by atoms with E-state index in [2.05, 4.69) is 24.7 Å². The van der Waals surface area contributed by atoms with Gasteiger partial charge in [0.25, 0.3) is 24.5 Å². The number of carboxylic acid groups (broad SMARTS) is 1. The Bertz CT molecular complexity index is 1750. The quantitative estimate of drug-likeness (QED) is 0.0648. The van der Waals surface area contributed by atoms with Gasteiger partial charge >= 0.3 is 10.3 Å². The molecule has 0 spiro atoms. The van der Waals surface area contributed by atoms with Gasteiger partial charge in [-0.25, -0.2) is 8.96 Å². The minimum Gasteiger partial charge on any atom is -0.543 e.